The molecule has 0 atom stereocenters. The molecule has 0 aromatic carbocycles. The van der Waals surface area contributed by atoms with E-state index in [0.29, 0.717) is 0 Å². The number of allylic oxidation sites excluding steroid dienone is 2. The summed E-state index contributed by atoms with van der Waals surface area (Å²) in [6, 6.07) is 0. The van der Waals surface area contributed by atoms with Gasteiger partial charge in [0, 0.05) is 38.1 Å². The van der Waals surface area contributed by atoms with Gasteiger partial charge in [0.05, 0.1) is 11.5 Å². The van der Waals surface area contributed by atoms with Crippen LogP contribution in [0.15, 0.2) is 11.8 Å². The van der Waals surface area contributed by atoms with Crippen LogP contribution >= 0.6 is 0 Å². The molecule has 0 saturated heterocycles. The topological polar surface area (TPSA) is 41.6 Å². The molecule has 0 aliphatic carbocycles. The monoisotopic (exact) mass is 274 g/mol. The third-order valence-electron chi connectivity index (χ3n) is 1.81. The van der Waals surface area contributed by atoms with Crippen molar-refractivity contribution >= 4 is 5.78 Å². The van der Waals surface area contributed by atoms with Crippen LogP contribution in [-0.4, -0.2) is 15.7 Å². The zero-order chi connectivity index (χ0) is 10.9. The summed E-state index contributed by atoms with van der Waals surface area (Å²) in [6.45, 7) is 11.4. The first-order valence-corrected chi connectivity index (χ1v) is 4.52. The maximum Gasteiger partial charge on any atom is 0.325 e. The van der Waals surface area contributed by atoms with Gasteiger partial charge in [-0.3, -0.25) is 4.79 Å². The maximum absolute atomic E-state index is 9.60. The Balaban J connectivity index is 0. The van der Waals surface area contributed by atoms with Crippen molar-refractivity contribution < 1.29 is 42.6 Å². The van der Waals surface area contributed by atoms with Crippen LogP contribution in [0.1, 0.15) is 41.5 Å². The summed E-state index contributed by atoms with van der Waals surface area (Å²) < 4.78 is 0. The molecule has 79 valence electrons. The third-order valence-corrected chi connectivity index (χ3v) is 1.81. The number of aliphatic hydroxyl groups is 1. The Morgan fingerprint density at radius 1 is 1.00 bits per heavy atom. The van der Waals surface area contributed by atoms with Crippen molar-refractivity contribution in [3.05, 3.63) is 11.8 Å². The minimum atomic E-state index is -0.306. The van der Waals surface area contributed by atoms with Crippen LogP contribution in [0.5, 0.6) is 0 Å². The second kappa shape index (κ2) is 5.41. The van der Waals surface area contributed by atoms with Crippen molar-refractivity contribution in [1.29, 1.82) is 0 Å². The van der Waals surface area contributed by atoms with E-state index in [4.69, 9.17) is 0 Å². The Morgan fingerprint density at radius 2 is 1.36 bits per heavy atom. The van der Waals surface area contributed by atoms with Gasteiger partial charge in [-0.1, -0.05) is 20.8 Å². The Kier molecular flexibility index (Phi) is 6.47. The Hall–Kier alpha value is 0.314. The number of rotatable bonds is 1. The summed E-state index contributed by atoms with van der Waals surface area (Å²) in [5.74, 6) is 0.417. The molecule has 0 aromatic heterocycles. The average Bonchev–Trinajstić information content (AvgIpc) is 1.82. The van der Waals surface area contributed by atoms with E-state index in [1.807, 2.05) is 41.5 Å². The smallest absolute Gasteiger partial charge is 0.325 e. The van der Waals surface area contributed by atoms with Crippen molar-refractivity contribution in [2.45, 2.75) is 41.5 Å². The van der Waals surface area contributed by atoms with Crippen molar-refractivity contribution in [3.63, 3.8) is 0 Å². The average molecular weight is 274 g/mol. The first kappa shape index (κ1) is 16.7. The van der Waals surface area contributed by atoms with E-state index in [-0.39, 0.29) is 55.1 Å². The van der Waals surface area contributed by atoms with E-state index in [1.165, 1.54) is 6.08 Å². The summed E-state index contributed by atoms with van der Waals surface area (Å²) in [6.07, 6.45) is 1.44. The van der Waals surface area contributed by atoms with Gasteiger partial charge in [-0.15, -0.1) is 0 Å². The van der Waals surface area contributed by atoms with E-state index in [9.17, 15) is 9.90 Å². The van der Waals surface area contributed by atoms with Gasteiger partial charge in [0.1, 0.15) is 5.76 Å². The van der Waals surface area contributed by atoms with E-state index in [2.05, 4.69) is 0 Å². The predicted molar refractivity (Wildman–Crippen MR) is 56.6 cm³/mol. The number of hydrogen-bond acceptors (Lipinski definition) is 1. The molecule has 0 bridgehead atoms. The van der Waals surface area contributed by atoms with E-state index >= 15 is 0 Å². The van der Waals surface area contributed by atoms with Crippen LogP contribution in [0.2, 0.25) is 0 Å². The van der Waals surface area contributed by atoms with Crippen molar-refractivity contribution in [1.82, 2.24) is 0 Å². The Morgan fingerprint density at radius 3 is 1.57 bits per heavy atom. The normalized spacial score (nSPS) is 13.4. The zero-order valence-electron chi connectivity index (χ0n) is 10.0. The van der Waals surface area contributed by atoms with Gasteiger partial charge < -0.3 is 5.11 Å². The minimum Gasteiger partial charge on any atom is -0.511 e. The van der Waals surface area contributed by atoms with Crippen molar-refractivity contribution in [3.8, 4) is 0 Å². The molecule has 2 N–H and O–H groups in total. The molecular formula is C11H21O2Y+. The number of ketones is 1. The molecule has 0 aliphatic heterocycles. The summed E-state index contributed by atoms with van der Waals surface area (Å²) in [7, 11) is 0. The van der Waals surface area contributed by atoms with Gasteiger partial charge in [-0.2, -0.15) is 0 Å². The summed E-state index contributed by atoms with van der Waals surface area (Å²) in [5.41, 5.74) is -0.613. The molecule has 0 saturated carbocycles. The molecular weight excluding hydrogens is 253 g/mol. The van der Waals surface area contributed by atoms with Gasteiger partial charge in [-0.25, -0.2) is 0 Å². The third kappa shape index (κ3) is 5.92. The van der Waals surface area contributed by atoms with Crippen LogP contribution in [0.25, 0.3) is 0 Å². The Bertz CT molecular complexity index is 229. The first-order valence-electron chi connectivity index (χ1n) is 4.52. The van der Waals surface area contributed by atoms with Crippen LogP contribution in [-0.2, 0) is 32.7 Å². The molecule has 0 unspecified atom stereocenters. The molecule has 14 heavy (non-hydrogen) atoms. The molecule has 0 aromatic rings. The van der Waals surface area contributed by atoms with E-state index < -0.39 is 0 Å². The molecule has 3 heteroatoms. The first-order chi connectivity index (χ1) is 5.55. The maximum atomic E-state index is 9.60. The number of aliphatic hydroxyl groups excluding tert-OH is 1. The molecule has 0 amide bonds. The molecule has 1 radical (unpaired) electrons. The molecule has 0 fully saturated rings. The molecule has 0 spiro atoms. The largest absolute Gasteiger partial charge is 0.511 e. The standard InChI is InChI=1S/C11H20O2.Y/c1-10(2,3)8(12)7-9(13)11(4,5)6;/h7,12H,1-6H3;/p+1/b8-7-;. The zero-order valence-corrected chi connectivity index (χ0v) is 12.9. The van der Waals surface area contributed by atoms with Crippen LogP contribution in [0.4, 0.5) is 0 Å². The SMILES string of the molecule is CC(C)(C)C(=[OH+])/C=C(\O)C(C)(C)C.[Y]. The minimum absolute atomic E-state index is 0. The van der Waals surface area contributed by atoms with Crippen LogP contribution < -0.4 is 0 Å². The summed E-state index contributed by atoms with van der Waals surface area (Å²) in [5, 5.41) is 9.60. The van der Waals surface area contributed by atoms with Gasteiger partial charge in [0.15, 0.2) is 0 Å². The fraction of sp³-hybridized carbons (Fsp3) is 0.727. The number of hydrogen-bond donors (Lipinski definition) is 1. The molecule has 0 aliphatic rings. The fourth-order valence-electron chi connectivity index (χ4n) is 0.563. The van der Waals surface area contributed by atoms with Gasteiger partial charge in [0.25, 0.3) is 0 Å². The van der Waals surface area contributed by atoms with Crippen molar-refractivity contribution in [2.75, 3.05) is 0 Å². The summed E-state index contributed by atoms with van der Waals surface area (Å²) >= 11 is 0. The van der Waals surface area contributed by atoms with E-state index in [1.54, 1.807) is 0 Å². The molecule has 0 heterocycles. The Labute approximate surface area is 112 Å². The fourth-order valence-corrected chi connectivity index (χ4v) is 0.563. The summed E-state index contributed by atoms with van der Waals surface area (Å²) in [4.78, 5) is 9.60. The quantitative estimate of drug-likeness (QED) is 0.445. The van der Waals surface area contributed by atoms with Gasteiger partial charge in [0.2, 0.25) is 0 Å². The van der Waals surface area contributed by atoms with E-state index in [0.717, 1.165) is 0 Å². The molecule has 0 rings (SSSR count). The molecule has 2 nitrogen and oxygen atoms in total. The predicted octanol–water partition coefficient (Wildman–Crippen LogP) is 3.06. The second-order valence-electron chi connectivity index (χ2n) is 5.41. The van der Waals surface area contributed by atoms with Gasteiger partial charge >= 0.3 is 5.78 Å². The number of carbonyl (C=O) groups excluding carboxylic acids is 1. The van der Waals surface area contributed by atoms with Gasteiger partial charge in [-0.05, 0) is 20.8 Å². The second-order valence-corrected chi connectivity index (χ2v) is 5.41. The van der Waals surface area contributed by atoms with Crippen LogP contribution in [0, 0.1) is 10.8 Å². The van der Waals surface area contributed by atoms with Crippen LogP contribution in [0.3, 0.4) is 0 Å². The van der Waals surface area contributed by atoms with Crippen molar-refractivity contribution in [2.24, 2.45) is 10.8 Å².